The van der Waals surface area contributed by atoms with Gasteiger partial charge in [0, 0.05) is 19.1 Å². The quantitative estimate of drug-likeness (QED) is 0.705. The molecule has 1 saturated carbocycles. The Labute approximate surface area is 90.4 Å². The molecule has 2 rings (SSSR count). The summed E-state index contributed by atoms with van der Waals surface area (Å²) >= 11 is 0. The number of hydrogen-bond acceptors (Lipinski definition) is 3. The molecule has 15 heavy (non-hydrogen) atoms. The van der Waals surface area contributed by atoms with Gasteiger partial charge in [0.25, 0.3) is 0 Å². The van der Waals surface area contributed by atoms with Crippen molar-refractivity contribution in [2.24, 2.45) is 11.7 Å². The molecule has 4 nitrogen and oxygen atoms in total. The maximum atomic E-state index is 11.0. The van der Waals surface area contributed by atoms with Gasteiger partial charge >= 0.3 is 5.97 Å². The molecule has 0 aromatic carbocycles. The Hall–Kier alpha value is -0.610. The summed E-state index contributed by atoms with van der Waals surface area (Å²) in [5.41, 5.74) is 4.87. The smallest absolute Gasteiger partial charge is 0.325 e. The summed E-state index contributed by atoms with van der Waals surface area (Å²) in [5.74, 6) is -0.156. The second kappa shape index (κ2) is 3.76. The number of nitrogens with two attached hydrogens (primary N) is 1. The van der Waals surface area contributed by atoms with Crippen molar-refractivity contribution in [1.29, 1.82) is 0 Å². The molecule has 1 saturated heterocycles. The van der Waals surface area contributed by atoms with Gasteiger partial charge in [-0.2, -0.15) is 0 Å². The molecule has 1 aliphatic heterocycles. The number of nitrogens with zero attached hydrogens (tertiary/aromatic N) is 1. The average molecular weight is 212 g/mol. The third kappa shape index (κ3) is 1.88. The summed E-state index contributed by atoms with van der Waals surface area (Å²) in [6, 6.07) is 0.565. The fourth-order valence-electron chi connectivity index (χ4n) is 2.99. The van der Waals surface area contributed by atoms with Crippen LogP contribution in [0.5, 0.6) is 0 Å². The SMILES string of the molecule is CC1CCCC1N1CCC(N)(C(=O)O)C1. The fourth-order valence-corrected chi connectivity index (χ4v) is 2.99. The summed E-state index contributed by atoms with van der Waals surface area (Å²) in [5, 5.41) is 9.05. The van der Waals surface area contributed by atoms with Crippen molar-refractivity contribution in [3.8, 4) is 0 Å². The van der Waals surface area contributed by atoms with Gasteiger partial charge in [-0.05, 0) is 25.2 Å². The largest absolute Gasteiger partial charge is 0.480 e. The van der Waals surface area contributed by atoms with E-state index in [0.717, 1.165) is 6.54 Å². The van der Waals surface area contributed by atoms with E-state index < -0.39 is 11.5 Å². The molecule has 0 amide bonds. The molecule has 2 fully saturated rings. The van der Waals surface area contributed by atoms with Gasteiger partial charge in [0.05, 0.1) is 0 Å². The minimum absolute atomic E-state index is 0.525. The molecule has 0 bridgehead atoms. The number of hydrogen-bond donors (Lipinski definition) is 2. The Morgan fingerprint density at radius 2 is 2.27 bits per heavy atom. The fraction of sp³-hybridized carbons (Fsp3) is 0.909. The van der Waals surface area contributed by atoms with E-state index in [9.17, 15) is 4.79 Å². The number of aliphatic carboxylic acids is 1. The molecule has 0 spiro atoms. The molecule has 3 N–H and O–H groups in total. The lowest BCUT2D eigenvalue weighted by Crippen LogP contribution is -2.51. The van der Waals surface area contributed by atoms with Crippen molar-refractivity contribution in [3.05, 3.63) is 0 Å². The summed E-state index contributed by atoms with van der Waals surface area (Å²) in [7, 11) is 0. The van der Waals surface area contributed by atoms with E-state index in [1.54, 1.807) is 0 Å². The molecule has 2 aliphatic rings. The lowest BCUT2D eigenvalue weighted by molar-refractivity contribution is -0.142. The molecule has 0 radical (unpaired) electrons. The number of carboxylic acid groups (broad SMARTS) is 1. The first-order chi connectivity index (χ1) is 7.03. The lowest BCUT2D eigenvalue weighted by atomic mass is 10.0. The average Bonchev–Trinajstić information content (AvgIpc) is 2.73. The summed E-state index contributed by atoms with van der Waals surface area (Å²) < 4.78 is 0. The van der Waals surface area contributed by atoms with Gasteiger partial charge < -0.3 is 10.8 Å². The van der Waals surface area contributed by atoms with E-state index in [-0.39, 0.29) is 0 Å². The highest BCUT2D eigenvalue weighted by Gasteiger charge is 2.44. The van der Waals surface area contributed by atoms with Gasteiger partial charge in [0.1, 0.15) is 5.54 Å². The summed E-state index contributed by atoms with van der Waals surface area (Å²) in [4.78, 5) is 13.3. The Morgan fingerprint density at radius 1 is 1.53 bits per heavy atom. The van der Waals surface area contributed by atoms with Gasteiger partial charge in [0.2, 0.25) is 0 Å². The first-order valence-corrected chi connectivity index (χ1v) is 5.79. The molecule has 1 heterocycles. The molecule has 3 atom stereocenters. The highest BCUT2D eigenvalue weighted by atomic mass is 16.4. The Kier molecular flexibility index (Phi) is 2.73. The zero-order valence-electron chi connectivity index (χ0n) is 9.28. The Balaban J connectivity index is 2.00. The maximum Gasteiger partial charge on any atom is 0.325 e. The van der Waals surface area contributed by atoms with Crippen LogP contribution in [0.25, 0.3) is 0 Å². The molecule has 0 aromatic heterocycles. The summed E-state index contributed by atoms with van der Waals surface area (Å²) in [6.07, 6.45) is 4.33. The topological polar surface area (TPSA) is 66.6 Å². The number of carbonyl (C=O) groups is 1. The molecular formula is C11H20N2O2. The number of likely N-dealkylation sites (tertiary alicyclic amines) is 1. The second-order valence-corrected chi connectivity index (χ2v) is 5.16. The van der Waals surface area contributed by atoms with Gasteiger partial charge in [-0.15, -0.1) is 0 Å². The zero-order valence-corrected chi connectivity index (χ0v) is 9.28. The van der Waals surface area contributed by atoms with E-state index in [4.69, 9.17) is 10.8 Å². The minimum Gasteiger partial charge on any atom is -0.480 e. The predicted octanol–water partition coefficient (Wildman–Crippen LogP) is 0.663. The van der Waals surface area contributed by atoms with Gasteiger partial charge in [0.15, 0.2) is 0 Å². The van der Waals surface area contributed by atoms with Crippen molar-refractivity contribution < 1.29 is 9.90 Å². The van der Waals surface area contributed by atoms with Crippen LogP contribution < -0.4 is 5.73 Å². The van der Waals surface area contributed by atoms with Crippen LogP contribution in [0.4, 0.5) is 0 Å². The van der Waals surface area contributed by atoms with E-state index in [1.165, 1.54) is 19.3 Å². The first-order valence-electron chi connectivity index (χ1n) is 5.79. The van der Waals surface area contributed by atoms with Crippen LogP contribution in [0.15, 0.2) is 0 Å². The lowest BCUT2D eigenvalue weighted by Gasteiger charge is -2.28. The first kappa shape index (κ1) is 10.9. The van der Waals surface area contributed by atoms with Crippen molar-refractivity contribution in [1.82, 2.24) is 4.90 Å². The van der Waals surface area contributed by atoms with Gasteiger partial charge in [-0.3, -0.25) is 9.69 Å². The van der Waals surface area contributed by atoms with Crippen LogP contribution in [0.2, 0.25) is 0 Å². The van der Waals surface area contributed by atoms with Gasteiger partial charge in [-0.25, -0.2) is 0 Å². The third-order valence-corrected chi connectivity index (χ3v) is 4.04. The van der Waals surface area contributed by atoms with E-state index in [2.05, 4.69) is 11.8 Å². The molecule has 4 heteroatoms. The van der Waals surface area contributed by atoms with E-state index in [0.29, 0.717) is 24.9 Å². The van der Waals surface area contributed by atoms with Crippen molar-refractivity contribution in [2.75, 3.05) is 13.1 Å². The molecule has 3 unspecified atom stereocenters. The van der Waals surface area contributed by atoms with Crippen LogP contribution >= 0.6 is 0 Å². The zero-order chi connectivity index (χ0) is 11.1. The van der Waals surface area contributed by atoms with Crippen LogP contribution in [-0.4, -0.2) is 40.6 Å². The third-order valence-electron chi connectivity index (χ3n) is 4.04. The van der Waals surface area contributed by atoms with Crippen molar-refractivity contribution in [3.63, 3.8) is 0 Å². The standard InChI is InChI=1S/C11H20N2O2/c1-8-3-2-4-9(8)13-6-5-11(12,7-13)10(14)15/h8-9H,2-7,12H2,1H3,(H,14,15). The van der Waals surface area contributed by atoms with Crippen molar-refractivity contribution in [2.45, 2.75) is 44.2 Å². The highest BCUT2D eigenvalue weighted by Crippen LogP contribution is 2.33. The maximum absolute atomic E-state index is 11.0. The molecular weight excluding hydrogens is 192 g/mol. The Morgan fingerprint density at radius 3 is 2.73 bits per heavy atom. The monoisotopic (exact) mass is 212 g/mol. The van der Waals surface area contributed by atoms with Crippen LogP contribution in [0.1, 0.15) is 32.6 Å². The van der Waals surface area contributed by atoms with Crippen LogP contribution in [-0.2, 0) is 4.79 Å². The van der Waals surface area contributed by atoms with E-state index in [1.807, 2.05) is 0 Å². The number of carboxylic acids is 1. The minimum atomic E-state index is -0.998. The Bertz CT molecular complexity index is 269. The molecule has 0 aromatic rings. The number of rotatable bonds is 2. The second-order valence-electron chi connectivity index (χ2n) is 5.16. The molecule has 1 aliphatic carbocycles. The summed E-state index contributed by atoms with van der Waals surface area (Å²) in [6.45, 7) is 3.63. The normalized spacial score (nSPS) is 42.3. The predicted molar refractivity (Wildman–Crippen MR) is 57.5 cm³/mol. The van der Waals surface area contributed by atoms with Crippen molar-refractivity contribution >= 4 is 5.97 Å². The van der Waals surface area contributed by atoms with E-state index >= 15 is 0 Å². The molecule has 86 valence electrons. The highest BCUT2D eigenvalue weighted by molar-refractivity contribution is 5.79. The van der Waals surface area contributed by atoms with Crippen LogP contribution in [0, 0.1) is 5.92 Å². The van der Waals surface area contributed by atoms with Crippen LogP contribution in [0.3, 0.4) is 0 Å². The van der Waals surface area contributed by atoms with Gasteiger partial charge in [-0.1, -0.05) is 13.3 Å².